The van der Waals surface area contributed by atoms with Crippen molar-refractivity contribution in [2.45, 2.75) is 51.4 Å². The lowest BCUT2D eigenvalue weighted by atomic mass is 9.96. The van der Waals surface area contributed by atoms with Gasteiger partial charge < -0.3 is 19.5 Å². The lowest BCUT2D eigenvalue weighted by Crippen LogP contribution is -2.58. The second-order valence-corrected chi connectivity index (χ2v) is 7.17. The number of esters is 1. The number of aliphatic hydroxyl groups excluding tert-OH is 1. The zero-order chi connectivity index (χ0) is 18.8. The first-order chi connectivity index (χ1) is 11.7. The number of carbonyl (C=O) groups is 2. The second-order valence-electron chi connectivity index (χ2n) is 6.76. The second kappa shape index (κ2) is 7.62. The number of hydrogen-bond donors (Lipinski definition) is 1. The maximum absolute atomic E-state index is 13.0. The van der Waals surface area contributed by atoms with Crippen molar-refractivity contribution in [3.05, 3.63) is 28.8 Å². The molecule has 0 unspecified atom stereocenters. The van der Waals surface area contributed by atoms with Gasteiger partial charge in [-0.25, -0.2) is 4.79 Å². The number of halogens is 1. The third-order valence-corrected chi connectivity index (χ3v) is 4.59. The molecule has 1 N–H and O–H groups in total. The smallest absolute Gasteiger partial charge is 0.328 e. The molecule has 138 valence electrons. The Morgan fingerprint density at radius 3 is 2.68 bits per heavy atom. The number of amides is 1. The summed E-state index contributed by atoms with van der Waals surface area (Å²) in [5, 5.41) is 10.2. The van der Waals surface area contributed by atoms with Gasteiger partial charge in [0.25, 0.3) is 5.91 Å². The van der Waals surface area contributed by atoms with Gasteiger partial charge in [-0.15, -0.1) is 0 Å². The van der Waals surface area contributed by atoms with Crippen LogP contribution >= 0.6 is 11.6 Å². The summed E-state index contributed by atoms with van der Waals surface area (Å²) in [5.41, 5.74) is -0.275. The fraction of sp³-hybridized carbons (Fsp3) is 0.556. The Kier molecular flexibility index (Phi) is 5.95. The summed E-state index contributed by atoms with van der Waals surface area (Å²) in [5.74, 6) is -0.490. The van der Waals surface area contributed by atoms with E-state index in [9.17, 15) is 14.7 Å². The third kappa shape index (κ3) is 4.44. The third-order valence-electron chi connectivity index (χ3n) is 4.28. The average molecular weight is 370 g/mol. The van der Waals surface area contributed by atoms with Gasteiger partial charge >= 0.3 is 5.97 Å². The molecular weight excluding hydrogens is 346 g/mol. The predicted octanol–water partition coefficient (Wildman–Crippen LogP) is 2.33. The Hall–Kier alpha value is -1.79. The van der Waals surface area contributed by atoms with Gasteiger partial charge in [0.05, 0.1) is 18.2 Å². The highest BCUT2D eigenvalue weighted by Gasteiger charge is 2.43. The Morgan fingerprint density at radius 2 is 2.04 bits per heavy atom. The Bertz CT molecular complexity index is 661. The molecule has 0 bridgehead atoms. The van der Waals surface area contributed by atoms with Gasteiger partial charge in [0.2, 0.25) is 0 Å². The lowest BCUT2D eigenvalue weighted by Gasteiger charge is -2.40. The highest BCUT2D eigenvalue weighted by Crippen LogP contribution is 2.31. The van der Waals surface area contributed by atoms with Gasteiger partial charge in [0.15, 0.2) is 5.60 Å². The zero-order valence-electron chi connectivity index (χ0n) is 14.9. The molecule has 6 nitrogen and oxygen atoms in total. The number of ether oxygens (including phenoxy) is 2. The molecule has 25 heavy (non-hydrogen) atoms. The topological polar surface area (TPSA) is 76.1 Å². The van der Waals surface area contributed by atoms with Gasteiger partial charge in [-0.2, -0.15) is 0 Å². The number of nitrogens with zero attached hydrogens (tertiary/aromatic N) is 1. The highest BCUT2D eigenvalue weighted by atomic mass is 35.5. The molecule has 1 saturated heterocycles. The van der Waals surface area contributed by atoms with Crippen molar-refractivity contribution in [1.29, 1.82) is 0 Å². The molecule has 1 aliphatic heterocycles. The molecule has 1 aromatic carbocycles. The molecular formula is C18H24ClNO5. The molecule has 0 radical (unpaired) electrons. The summed E-state index contributed by atoms with van der Waals surface area (Å²) >= 11 is 6.16. The number of likely N-dealkylation sites (tertiary alicyclic amines) is 1. The van der Waals surface area contributed by atoms with Crippen molar-refractivity contribution in [3.63, 3.8) is 0 Å². The van der Waals surface area contributed by atoms with E-state index in [0.717, 1.165) is 5.56 Å². The summed E-state index contributed by atoms with van der Waals surface area (Å²) in [6.45, 7) is 5.42. The minimum absolute atomic E-state index is 0.152. The van der Waals surface area contributed by atoms with Crippen LogP contribution in [0.5, 0.6) is 5.75 Å². The maximum atomic E-state index is 13.0. The van der Waals surface area contributed by atoms with Crippen LogP contribution in [0.15, 0.2) is 18.2 Å². The van der Waals surface area contributed by atoms with E-state index < -0.39 is 23.7 Å². The molecule has 1 amide bonds. The van der Waals surface area contributed by atoms with Gasteiger partial charge in [0, 0.05) is 13.0 Å². The van der Waals surface area contributed by atoms with E-state index in [0.29, 0.717) is 17.2 Å². The number of rotatable bonds is 4. The summed E-state index contributed by atoms with van der Waals surface area (Å²) in [7, 11) is 1.26. The zero-order valence-corrected chi connectivity index (χ0v) is 15.7. The van der Waals surface area contributed by atoms with Gasteiger partial charge in [-0.1, -0.05) is 17.7 Å². The molecule has 0 spiro atoms. The van der Waals surface area contributed by atoms with E-state index in [2.05, 4.69) is 0 Å². The number of methoxy groups -OCH3 is 1. The SMILES string of the molecule is COC(=O)[C@H]1C[C@@H](O)CCN1C(=O)C(C)(C)Oc1cc(C)ccc1Cl. The molecule has 1 heterocycles. The normalized spacial score (nSPS) is 21.0. The fourth-order valence-corrected chi connectivity index (χ4v) is 3.06. The first-order valence-corrected chi connectivity index (χ1v) is 8.55. The molecule has 1 aromatic rings. The summed E-state index contributed by atoms with van der Waals surface area (Å²) in [6.07, 6.45) is -0.0800. The number of aryl methyl sites for hydroxylation is 1. The van der Waals surface area contributed by atoms with Crippen molar-refractivity contribution in [2.24, 2.45) is 0 Å². The lowest BCUT2D eigenvalue weighted by molar-refractivity contribution is -0.163. The van der Waals surface area contributed by atoms with Crippen LogP contribution in [-0.4, -0.2) is 53.3 Å². The van der Waals surface area contributed by atoms with Crippen LogP contribution in [0.2, 0.25) is 5.02 Å². The van der Waals surface area contributed by atoms with Gasteiger partial charge in [0.1, 0.15) is 11.8 Å². The molecule has 2 rings (SSSR count). The van der Waals surface area contributed by atoms with Crippen molar-refractivity contribution >= 4 is 23.5 Å². The summed E-state index contributed by atoms with van der Waals surface area (Å²) in [6, 6.07) is 4.50. The van der Waals surface area contributed by atoms with Crippen LogP contribution in [0.1, 0.15) is 32.3 Å². The van der Waals surface area contributed by atoms with Crippen molar-refractivity contribution in [3.8, 4) is 5.75 Å². The quantitative estimate of drug-likeness (QED) is 0.824. The number of piperidine rings is 1. The van der Waals surface area contributed by atoms with Crippen LogP contribution in [0, 0.1) is 6.92 Å². The Balaban J connectivity index is 2.23. The fourth-order valence-electron chi connectivity index (χ4n) is 2.90. The van der Waals surface area contributed by atoms with Crippen LogP contribution in [0.3, 0.4) is 0 Å². The molecule has 1 fully saturated rings. The molecule has 0 saturated carbocycles. The molecule has 0 aliphatic carbocycles. The predicted molar refractivity (Wildman–Crippen MR) is 93.7 cm³/mol. The van der Waals surface area contributed by atoms with E-state index in [1.165, 1.54) is 12.0 Å². The minimum Gasteiger partial charge on any atom is -0.476 e. The van der Waals surface area contributed by atoms with Crippen LogP contribution in [0.25, 0.3) is 0 Å². The molecule has 1 aliphatic rings. The molecule has 2 atom stereocenters. The van der Waals surface area contributed by atoms with Crippen LogP contribution in [-0.2, 0) is 14.3 Å². The van der Waals surface area contributed by atoms with Crippen molar-refractivity contribution in [2.75, 3.05) is 13.7 Å². The summed E-state index contributed by atoms with van der Waals surface area (Å²) in [4.78, 5) is 26.5. The summed E-state index contributed by atoms with van der Waals surface area (Å²) < 4.78 is 10.7. The minimum atomic E-state index is -1.23. The molecule has 7 heteroatoms. The first-order valence-electron chi connectivity index (χ1n) is 8.18. The molecule has 0 aromatic heterocycles. The number of hydrogen-bond acceptors (Lipinski definition) is 5. The largest absolute Gasteiger partial charge is 0.476 e. The Morgan fingerprint density at radius 1 is 1.36 bits per heavy atom. The Labute approximate surface area is 152 Å². The maximum Gasteiger partial charge on any atom is 0.328 e. The van der Waals surface area contributed by atoms with E-state index in [1.807, 2.05) is 13.0 Å². The van der Waals surface area contributed by atoms with Crippen molar-refractivity contribution in [1.82, 2.24) is 4.90 Å². The number of aliphatic hydroxyl groups is 1. The first kappa shape index (κ1) is 19.5. The highest BCUT2D eigenvalue weighted by molar-refractivity contribution is 6.32. The van der Waals surface area contributed by atoms with E-state index >= 15 is 0 Å². The number of carbonyl (C=O) groups excluding carboxylic acids is 2. The van der Waals surface area contributed by atoms with Crippen LogP contribution < -0.4 is 4.74 Å². The number of benzene rings is 1. The van der Waals surface area contributed by atoms with Crippen LogP contribution in [0.4, 0.5) is 0 Å². The van der Waals surface area contributed by atoms with Gasteiger partial charge in [-0.3, -0.25) is 4.79 Å². The standard InChI is InChI=1S/C18H24ClNO5/c1-11-5-6-13(19)15(9-11)25-18(2,3)17(23)20-8-7-12(21)10-14(20)16(22)24-4/h5-6,9,12,14,21H,7-8,10H2,1-4H3/t12-,14+/m0/s1. The monoisotopic (exact) mass is 369 g/mol. The average Bonchev–Trinajstić information content (AvgIpc) is 2.56. The van der Waals surface area contributed by atoms with E-state index in [1.54, 1.807) is 26.0 Å². The van der Waals surface area contributed by atoms with E-state index in [4.69, 9.17) is 21.1 Å². The van der Waals surface area contributed by atoms with Crippen molar-refractivity contribution < 1.29 is 24.2 Å². The van der Waals surface area contributed by atoms with E-state index in [-0.39, 0.29) is 18.9 Å². The van der Waals surface area contributed by atoms with Gasteiger partial charge in [-0.05, 0) is 44.9 Å².